The zero-order valence-corrected chi connectivity index (χ0v) is 12.9. The van der Waals surface area contributed by atoms with Crippen LogP contribution in [0.1, 0.15) is 49.0 Å². The number of aryl methyl sites for hydroxylation is 1. The van der Waals surface area contributed by atoms with Crippen LogP contribution < -0.4 is 16.0 Å². The lowest BCUT2D eigenvalue weighted by Crippen LogP contribution is -2.34. The SMILES string of the molecule is Cn1cc(S(=O)(=O)NC2CCCCCC2)cc1C(=O)NN. The van der Waals surface area contributed by atoms with E-state index in [0.717, 1.165) is 38.5 Å². The van der Waals surface area contributed by atoms with Crippen LogP contribution in [-0.4, -0.2) is 24.9 Å². The van der Waals surface area contributed by atoms with Gasteiger partial charge in [-0.2, -0.15) is 0 Å². The van der Waals surface area contributed by atoms with E-state index in [1.807, 2.05) is 5.43 Å². The maximum absolute atomic E-state index is 12.4. The molecule has 0 radical (unpaired) electrons. The highest BCUT2D eigenvalue weighted by atomic mass is 32.2. The normalized spacial score (nSPS) is 17.4. The Morgan fingerprint density at radius 1 is 1.29 bits per heavy atom. The highest BCUT2D eigenvalue weighted by Crippen LogP contribution is 2.20. The van der Waals surface area contributed by atoms with E-state index in [9.17, 15) is 13.2 Å². The van der Waals surface area contributed by atoms with Crippen LogP contribution in [0.25, 0.3) is 0 Å². The minimum absolute atomic E-state index is 0.0236. The van der Waals surface area contributed by atoms with Gasteiger partial charge in [-0.15, -0.1) is 0 Å². The summed E-state index contributed by atoms with van der Waals surface area (Å²) in [6.07, 6.45) is 7.55. The van der Waals surface area contributed by atoms with Crippen molar-refractivity contribution < 1.29 is 13.2 Å². The van der Waals surface area contributed by atoms with Crippen molar-refractivity contribution in [2.45, 2.75) is 49.5 Å². The molecule has 1 aromatic heterocycles. The number of amides is 1. The van der Waals surface area contributed by atoms with Crippen LogP contribution in [0.15, 0.2) is 17.2 Å². The smallest absolute Gasteiger partial charge is 0.281 e. The van der Waals surface area contributed by atoms with Crippen LogP contribution in [-0.2, 0) is 17.1 Å². The Labute approximate surface area is 124 Å². The number of hydrogen-bond acceptors (Lipinski definition) is 4. The first-order chi connectivity index (χ1) is 9.94. The molecule has 0 saturated heterocycles. The van der Waals surface area contributed by atoms with E-state index in [2.05, 4.69) is 4.72 Å². The summed E-state index contributed by atoms with van der Waals surface area (Å²) >= 11 is 0. The van der Waals surface area contributed by atoms with Crippen molar-refractivity contribution in [3.8, 4) is 0 Å². The molecule has 1 aliphatic rings. The van der Waals surface area contributed by atoms with Crippen LogP contribution in [0.5, 0.6) is 0 Å². The summed E-state index contributed by atoms with van der Waals surface area (Å²) in [6.45, 7) is 0. The third-order valence-electron chi connectivity index (χ3n) is 3.83. The molecule has 118 valence electrons. The summed E-state index contributed by atoms with van der Waals surface area (Å²) in [6, 6.07) is 1.31. The van der Waals surface area contributed by atoms with Crippen molar-refractivity contribution in [2.75, 3.05) is 0 Å². The summed E-state index contributed by atoms with van der Waals surface area (Å²) in [4.78, 5) is 11.6. The lowest BCUT2D eigenvalue weighted by Gasteiger charge is -2.15. The van der Waals surface area contributed by atoms with Gasteiger partial charge in [-0.1, -0.05) is 25.7 Å². The first kappa shape index (κ1) is 16.0. The van der Waals surface area contributed by atoms with E-state index in [0.29, 0.717) is 0 Å². The molecule has 1 saturated carbocycles. The Hall–Kier alpha value is -1.38. The van der Waals surface area contributed by atoms with Crippen molar-refractivity contribution in [3.63, 3.8) is 0 Å². The summed E-state index contributed by atoms with van der Waals surface area (Å²) in [5.74, 6) is 4.56. The van der Waals surface area contributed by atoms with Gasteiger partial charge in [-0.3, -0.25) is 10.2 Å². The Bertz CT molecular complexity index is 601. The van der Waals surface area contributed by atoms with E-state index in [4.69, 9.17) is 5.84 Å². The average molecular weight is 314 g/mol. The Morgan fingerprint density at radius 2 is 1.90 bits per heavy atom. The van der Waals surface area contributed by atoms with E-state index >= 15 is 0 Å². The first-order valence-electron chi connectivity index (χ1n) is 7.13. The van der Waals surface area contributed by atoms with Crippen LogP contribution in [0, 0.1) is 0 Å². The standard InChI is InChI=1S/C13H22N4O3S/c1-17-9-11(8-12(17)13(18)15-14)21(19,20)16-10-6-4-2-3-5-7-10/h8-10,16H,2-7,14H2,1H3,(H,15,18). The molecule has 21 heavy (non-hydrogen) atoms. The fourth-order valence-corrected chi connectivity index (χ4v) is 4.04. The van der Waals surface area contributed by atoms with Crippen LogP contribution >= 0.6 is 0 Å². The molecule has 1 fully saturated rings. The average Bonchev–Trinajstić information content (AvgIpc) is 2.67. The lowest BCUT2D eigenvalue weighted by molar-refractivity contribution is 0.0945. The fourth-order valence-electron chi connectivity index (χ4n) is 2.67. The second kappa shape index (κ2) is 6.59. The quantitative estimate of drug-likeness (QED) is 0.328. The third kappa shape index (κ3) is 3.84. The van der Waals surface area contributed by atoms with Gasteiger partial charge in [0.15, 0.2) is 0 Å². The number of carbonyl (C=O) groups excluding carboxylic acids is 1. The molecule has 0 bridgehead atoms. The van der Waals surface area contributed by atoms with Crippen molar-refractivity contribution in [1.29, 1.82) is 0 Å². The molecule has 1 amide bonds. The number of rotatable bonds is 4. The van der Waals surface area contributed by atoms with Gasteiger partial charge in [0.1, 0.15) is 10.6 Å². The molecular formula is C13H22N4O3S. The predicted molar refractivity (Wildman–Crippen MR) is 78.9 cm³/mol. The van der Waals surface area contributed by atoms with Crippen molar-refractivity contribution in [3.05, 3.63) is 18.0 Å². The highest BCUT2D eigenvalue weighted by molar-refractivity contribution is 7.89. The predicted octanol–water partition coefficient (Wildman–Crippen LogP) is 0.630. The zero-order chi connectivity index (χ0) is 15.5. The molecule has 4 N–H and O–H groups in total. The summed E-state index contributed by atoms with van der Waals surface area (Å²) in [5, 5.41) is 0. The van der Waals surface area contributed by atoms with Gasteiger partial charge in [-0.05, 0) is 18.9 Å². The van der Waals surface area contributed by atoms with Crippen molar-refractivity contribution in [2.24, 2.45) is 12.9 Å². The molecule has 0 unspecified atom stereocenters. The molecule has 0 atom stereocenters. The number of nitrogens with one attached hydrogen (secondary N) is 2. The number of hydrogen-bond donors (Lipinski definition) is 3. The summed E-state index contributed by atoms with van der Waals surface area (Å²) < 4.78 is 29.0. The molecule has 7 nitrogen and oxygen atoms in total. The Kier molecular flexibility index (Phi) is 5.02. The minimum Gasteiger partial charge on any atom is -0.345 e. The Morgan fingerprint density at radius 3 is 2.48 bits per heavy atom. The van der Waals surface area contributed by atoms with Gasteiger partial charge >= 0.3 is 0 Å². The Balaban J connectivity index is 2.17. The second-order valence-corrected chi connectivity index (χ2v) is 7.17. The second-order valence-electron chi connectivity index (χ2n) is 5.46. The third-order valence-corrected chi connectivity index (χ3v) is 5.32. The van der Waals surface area contributed by atoms with Gasteiger partial charge in [0.25, 0.3) is 5.91 Å². The molecule has 1 aliphatic carbocycles. The first-order valence-corrected chi connectivity index (χ1v) is 8.62. The van der Waals surface area contributed by atoms with Crippen LogP contribution in [0.2, 0.25) is 0 Å². The molecule has 1 heterocycles. The summed E-state index contributed by atoms with van der Waals surface area (Å²) in [7, 11) is -2.00. The number of hydrazine groups is 1. The fraction of sp³-hybridized carbons (Fsp3) is 0.615. The monoisotopic (exact) mass is 314 g/mol. The molecule has 2 rings (SSSR count). The molecule has 0 aromatic carbocycles. The number of carbonyl (C=O) groups is 1. The van der Waals surface area contributed by atoms with E-state index < -0.39 is 15.9 Å². The van der Waals surface area contributed by atoms with E-state index in [1.54, 1.807) is 7.05 Å². The van der Waals surface area contributed by atoms with Crippen LogP contribution in [0.4, 0.5) is 0 Å². The maximum Gasteiger partial charge on any atom is 0.281 e. The van der Waals surface area contributed by atoms with Gasteiger partial charge in [0.05, 0.1) is 0 Å². The van der Waals surface area contributed by atoms with Gasteiger partial charge in [-0.25, -0.2) is 19.0 Å². The molecule has 8 heteroatoms. The van der Waals surface area contributed by atoms with Gasteiger partial charge in [0.2, 0.25) is 10.0 Å². The minimum atomic E-state index is -3.61. The highest BCUT2D eigenvalue weighted by Gasteiger charge is 2.24. The van der Waals surface area contributed by atoms with E-state index in [1.165, 1.54) is 16.8 Å². The number of nitrogen functional groups attached to an aromatic ring is 1. The van der Waals surface area contributed by atoms with Gasteiger partial charge < -0.3 is 4.57 Å². The number of sulfonamides is 1. The molecule has 0 aliphatic heterocycles. The molecular weight excluding hydrogens is 292 g/mol. The largest absolute Gasteiger partial charge is 0.345 e. The van der Waals surface area contributed by atoms with Gasteiger partial charge in [0, 0.05) is 19.3 Å². The zero-order valence-electron chi connectivity index (χ0n) is 12.1. The molecule has 0 spiro atoms. The maximum atomic E-state index is 12.4. The number of nitrogens with two attached hydrogens (primary N) is 1. The van der Waals surface area contributed by atoms with Crippen molar-refractivity contribution >= 4 is 15.9 Å². The van der Waals surface area contributed by atoms with E-state index in [-0.39, 0.29) is 16.6 Å². The number of nitrogens with zero attached hydrogens (tertiary/aromatic N) is 1. The molecule has 1 aromatic rings. The van der Waals surface area contributed by atoms with Crippen LogP contribution in [0.3, 0.4) is 0 Å². The number of aromatic nitrogens is 1. The summed E-state index contributed by atoms with van der Waals surface area (Å²) in [5.41, 5.74) is 2.21. The lowest BCUT2D eigenvalue weighted by atomic mass is 10.1. The topological polar surface area (TPSA) is 106 Å². The van der Waals surface area contributed by atoms with Crippen molar-refractivity contribution in [1.82, 2.24) is 14.7 Å².